The van der Waals surface area contributed by atoms with Gasteiger partial charge in [0, 0.05) is 32.8 Å². The maximum Gasteiger partial charge on any atom is 0.343 e. The zero-order valence-electron chi connectivity index (χ0n) is 16.0. The number of esters is 1. The van der Waals surface area contributed by atoms with E-state index in [0.717, 1.165) is 18.6 Å². The van der Waals surface area contributed by atoms with Gasteiger partial charge in [0.1, 0.15) is 6.10 Å². The molecule has 0 aromatic heterocycles. The normalized spacial score (nSPS) is 20.5. The Labute approximate surface area is 168 Å². The Bertz CT molecular complexity index is 863. The molecule has 9 nitrogen and oxygen atoms in total. The summed E-state index contributed by atoms with van der Waals surface area (Å²) in [5, 5.41) is 0. The molecule has 3 rings (SSSR count). The van der Waals surface area contributed by atoms with Crippen molar-refractivity contribution in [3.63, 3.8) is 0 Å². The van der Waals surface area contributed by atoms with Crippen LogP contribution in [0, 0.1) is 5.82 Å². The van der Waals surface area contributed by atoms with Crippen molar-refractivity contribution in [1.82, 2.24) is 9.21 Å². The van der Waals surface area contributed by atoms with Gasteiger partial charge >= 0.3 is 5.97 Å². The molecule has 0 spiro atoms. The molecule has 0 aliphatic carbocycles. The smallest absolute Gasteiger partial charge is 0.343 e. The van der Waals surface area contributed by atoms with Crippen molar-refractivity contribution in [3.05, 3.63) is 24.0 Å². The number of ether oxygens (including phenoxy) is 3. The zero-order chi connectivity index (χ0) is 21.0. The van der Waals surface area contributed by atoms with Crippen LogP contribution in [-0.2, 0) is 29.1 Å². The molecule has 160 valence electrons. The lowest BCUT2D eigenvalue weighted by atomic mass is 10.2. The van der Waals surface area contributed by atoms with Gasteiger partial charge in [0.25, 0.3) is 5.91 Å². The number of rotatable bonds is 6. The molecule has 2 heterocycles. The van der Waals surface area contributed by atoms with Crippen LogP contribution in [0.3, 0.4) is 0 Å². The van der Waals surface area contributed by atoms with E-state index in [1.807, 2.05) is 0 Å². The van der Waals surface area contributed by atoms with E-state index in [-0.39, 0.29) is 42.7 Å². The third kappa shape index (κ3) is 4.85. The van der Waals surface area contributed by atoms with Crippen LogP contribution in [0.5, 0.6) is 5.75 Å². The highest BCUT2D eigenvalue weighted by molar-refractivity contribution is 7.89. The highest BCUT2D eigenvalue weighted by Crippen LogP contribution is 2.25. The number of carbonyl (C=O) groups excluding carboxylic acids is 2. The van der Waals surface area contributed by atoms with E-state index in [9.17, 15) is 22.4 Å². The first kappa shape index (κ1) is 21.5. The summed E-state index contributed by atoms with van der Waals surface area (Å²) in [4.78, 5) is 24.8. The third-order valence-electron chi connectivity index (χ3n) is 4.87. The van der Waals surface area contributed by atoms with Crippen molar-refractivity contribution in [2.75, 3.05) is 46.5 Å². The molecule has 0 bridgehead atoms. The topological polar surface area (TPSA) is 102 Å². The number of halogens is 1. The molecule has 0 unspecified atom stereocenters. The molecule has 2 aliphatic heterocycles. The maximum absolute atomic E-state index is 14.2. The highest BCUT2D eigenvalue weighted by atomic mass is 32.2. The molecule has 0 saturated carbocycles. The fourth-order valence-electron chi connectivity index (χ4n) is 3.23. The van der Waals surface area contributed by atoms with Crippen molar-refractivity contribution in [3.8, 4) is 5.75 Å². The fourth-order valence-corrected chi connectivity index (χ4v) is 4.66. The standard InChI is InChI=1S/C18H23FN2O7S/c1-26-17(22)12-28-15-5-4-13(11-14(15)19)29(24,25)21-8-6-20(7-9-21)18(23)16-3-2-10-27-16/h4-5,11,16H,2-3,6-10,12H2,1H3/t16-/m0/s1. The van der Waals surface area contributed by atoms with E-state index < -0.39 is 34.5 Å². The zero-order valence-corrected chi connectivity index (χ0v) is 16.8. The van der Waals surface area contributed by atoms with Crippen LogP contribution in [0.2, 0.25) is 0 Å². The molecule has 1 aromatic carbocycles. The monoisotopic (exact) mass is 430 g/mol. The molecule has 2 saturated heterocycles. The van der Waals surface area contributed by atoms with E-state index in [0.29, 0.717) is 13.0 Å². The van der Waals surface area contributed by atoms with Crippen LogP contribution in [0.25, 0.3) is 0 Å². The molecular formula is C18H23FN2O7S. The second-order valence-corrected chi connectivity index (χ2v) is 8.63. The number of methoxy groups -OCH3 is 1. The first-order valence-corrected chi connectivity index (χ1v) is 10.7. The number of carbonyl (C=O) groups is 2. The Balaban J connectivity index is 1.63. The van der Waals surface area contributed by atoms with E-state index in [1.54, 1.807) is 4.90 Å². The summed E-state index contributed by atoms with van der Waals surface area (Å²) in [5.41, 5.74) is 0. The molecule has 29 heavy (non-hydrogen) atoms. The lowest BCUT2D eigenvalue weighted by molar-refractivity contribution is -0.143. The van der Waals surface area contributed by atoms with E-state index in [2.05, 4.69) is 4.74 Å². The molecular weight excluding hydrogens is 407 g/mol. The van der Waals surface area contributed by atoms with Gasteiger partial charge in [-0.25, -0.2) is 17.6 Å². The average Bonchev–Trinajstić information content (AvgIpc) is 3.27. The van der Waals surface area contributed by atoms with Crippen LogP contribution < -0.4 is 4.74 Å². The van der Waals surface area contributed by atoms with Crippen molar-refractivity contribution in [2.45, 2.75) is 23.8 Å². The summed E-state index contributed by atoms with van der Waals surface area (Å²) in [6, 6.07) is 3.23. The van der Waals surface area contributed by atoms with Gasteiger partial charge in [-0.3, -0.25) is 4.79 Å². The Morgan fingerprint density at radius 1 is 1.24 bits per heavy atom. The summed E-state index contributed by atoms with van der Waals surface area (Å²) in [6.07, 6.45) is 1.08. The minimum atomic E-state index is -3.93. The van der Waals surface area contributed by atoms with Crippen molar-refractivity contribution in [2.24, 2.45) is 0 Å². The molecule has 1 aromatic rings. The number of sulfonamides is 1. The Hall–Kier alpha value is -2.24. The quantitative estimate of drug-likeness (QED) is 0.602. The fraction of sp³-hybridized carbons (Fsp3) is 0.556. The SMILES string of the molecule is COC(=O)COc1ccc(S(=O)(=O)N2CCN(C(=O)[C@@H]3CCCO3)CC2)cc1F. The van der Waals surface area contributed by atoms with Crippen molar-refractivity contribution >= 4 is 21.9 Å². The number of hydrogen-bond acceptors (Lipinski definition) is 7. The first-order valence-electron chi connectivity index (χ1n) is 9.22. The van der Waals surface area contributed by atoms with E-state index in [1.165, 1.54) is 17.5 Å². The predicted octanol–water partition coefficient (Wildman–Crippen LogP) is 0.389. The van der Waals surface area contributed by atoms with Crippen molar-refractivity contribution in [1.29, 1.82) is 0 Å². The van der Waals surface area contributed by atoms with Gasteiger partial charge in [0.15, 0.2) is 18.2 Å². The van der Waals surface area contributed by atoms with Gasteiger partial charge in [-0.15, -0.1) is 0 Å². The number of hydrogen-bond donors (Lipinski definition) is 0. The largest absolute Gasteiger partial charge is 0.479 e. The van der Waals surface area contributed by atoms with Gasteiger partial charge < -0.3 is 19.1 Å². The molecule has 1 atom stereocenters. The van der Waals surface area contributed by atoms with E-state index >= 15 is 0 Å². The number of benzene rings is 1. The molecule has 2 aliphatic rings. The minimum absolute atomic E-state index is 0.113. The van der Waals surface area contributed by atoms with Crippen LogP contribution in [0.1, 0.15) is 12.8 Å². The molecule has 0 N–H and O–H groups in total. The number of nitrogens with zero attached hydrogens (tertiary/aromatic N) is 2. The summed E-state index contributed by atoms with van der Waals surface area (Å²) < 4.78 is 55.8. The predicted molar refractivity (Wildman–Crippen MR) is 98.2 cm³/mol. The van der Waals surface area contributed by atoms with Gasteiger partial charge in [0.2, 0.25) is 10.0 Å². The van der Waals surface area contributed by atoms with Gasteiger partial charge in [0.05, 0.1) is 12.0 Å². The van der Waals surface area contributed by atoms with Crippen LogP contribution in [0.4, 0.5) is 4.39 Å². The Morgan fingerprint density at radius 3 is 2.55 bits per heavy atom. The summed E-state index contributed by atoms with van der Waals surface area (Å²) in [5.74, 6) is -1.95. The third-order valence-corrected chi connectivity index (χ3v) is 6.76. The van der Waals surface area contributed by atoms with Crippen LogP contribution in [-0.4, -0.2) is 82.1 Å². The second kappa shape index (κ2) is 9.06. The van der Waals surface area contributed by atoms with Crippen LogP contribution >= 0.6 is 0 Å². The molecule has 1 amide bonds. The minimum Gasteiger partial charge on any atom is -0.479 e. The number of amides is 1. The van der Waals surface area contributed by atoms with Gasteiger partial charge in [-0.1, -0.05) is 0 Å². The Kier molecular flexibility index (Phi) is 6.70. The van der Waals surface area contributed by atoms with Gasteiger partial charge in [-0.2, -0.15) is 4.31 Å². The average molecular weight is 430 g/mol. The second-order valence-electron chi connectivity index (χ2n) is 6.69. The van der Waals surface area contributed by atoms with Crippen molar-refractivity contribution < 1.29 is 36.6 Å². The Morgan fingerprint density at radius 2 is 1.97 bits per heavy atom. The number of piperazine rings is 1. The van der Waals surface area contributed by atoms with Crippen LogP contribution in [0.15, 0.2) is 23.1 Å². The first-order chi connectivity index (χ1) is 13.8. The van der Waals surface area contributed by atoms with E-state index in [4.69, 9.17) is 9.47 Å². The lowest BCUT2D eigenvalue weighted by Crippen LogP contribution is -2.52. The summed E-state index contributed by atoms with van der Waals surface area (Å²) >= 11 is 0. The molecule has 11 heteroatoms. The van der Waals surface area contributed by atoms with Gasteiger partial charge in [-0.05, 0) is 31.0 Å². The lowest BCUT2D eigenvalue weighted by Gasteiger charge is -2.35. The molecule has 2 fully saturated rings. The maximum atomic E-state index is 14.2. The summed E-state index contributed by atoms with van der Waals surface area (Å²) in [7, 11) is -2.76. The molecule has 0 radical (unpaired) electrons. The highest BCUT2D eigenvalue weighted by Gasteiger charge is 2.34. The summed E-state index contributed by atoms with van der Waals surface area (Å²) in [6.45, 7) is 0.809.